The van der Waals surface area contributed by atoms with Gasteiger partial charge in [0, 0.05) is 44.9 Å². The number of anilines is 2. The third kappa shape index (κ3) is 3.17. The second-order valence-electron chi connectivity index (χ2n) is 13.3. The number of amides is 4. The number of hydrogen-bond donors (Lipinski definition) is 4. The number of carbonyl (C=O) groups is 4. The van der Waals surface area contributed by atoms with E-state index in [1.54, 1.807) is 23.9 Å². The van der Waals surface area contributed by atoms with Crippen molar-refractivity contribution >= 4 is 78.2 Å². The molecule has 0 radical (unpaired) electrons. The molecule has 1 spiro atoms. The summed E-state index contributed by atoms with van der Waals surface area (Å²) in [5, 5.41) is 27.8. The third-order valence-corrected chi connectivity index (χ3v) is 17.9. The first-order chi connectivity index (χ1) is 22.6. The largest absolute Gasteiger partial charge is 0.395 e. The second-order valence-corrected chi connectivity index (χ2v) is 18.5. The minimum absolute atomic E-state index is 0.108. The van der Waals surface area contributed by atoms with E-state index in [1.165, 1.54) is 53.0 Å². The van der Waals surface area contributed by atoms with E-state index >= 15 is 0 Å². The van der Waals surface area contributed by atoms with Gasteiger partial charge in [-0.2, -0.15) is 0 Å². The number of nitrogens with zero attached hydrogens (tertiary/aromatic N) is 4. The van der Waals surface area contributed by atoms with E-state index in [0.717, 1.165) is 22.5 Å². The molecule has 8 aliphatic heterocycles. The molecule has 6 fully saturated rings. The van der Waals surface area contributed by atoms with Gasteiger partial charge in [-0.15, -0.1) is 0 Å². The van der Waals surface area contributed by atoms with Crippen molar-refractivity contribution in [2.24, 2.45) is 0 Å². The number of hydrogen-bond acceptors (Lipinski definition) is 12. The van der Waals surface area contributed by atoms with Crippen molar-refractivity contribution in [3.05, 3.63) is 59.7 Å². The molecular formula is C31H32N6O6S4. The summed E-state index contributed by atoms with van der Waals surface area (Å²) in [6.45, 7) is -0.648. The monoisotopic (exact) mass is 712 g/mol. The van der Waals surface area contributed by atoms with Gasteiger partial charge in [0.1, 0.15) is 12.3 Å². The lowest BCUT2D eigenvalue weighted by Crippen LogP contribution is -2.77. The molecule has 0 aliphatic carbocycles. The van der Waals surface area contributed by atoms with Crippen LogP contribution in [0.2, 0.25) is 0 Å². The lowest BCUT2D eigenvalue weighted by molar-refractivity contribution is -0.166. The third-order valence-electron chi connectivity index (χ3n) is 11.5. The second kappa shape index (κ2) is 9.69. The first-order valence-corrected chi connectivity index (χ1v) is 19.9. The van der Waals surface area contributed by atoms with Gasteiger partial charge < -0.3 is 30.6 Å². The number of likely N-dealkylation sites (N-methyl/N-ethyl adjacent to an activating group) is 2. The van der Waals surface area contributed by atoms with Crippen molar-refractivity contribution in [1.82, 2.24) is 19.6 Å². The smallest absolute Gasteiger partial charge is 0.265 e. The molecule has 1 unspecified atom stereocenters. The molecule has 0 aromatic heterocycles. The topological polar surface area (TPSA) is 146 Å². The number of benzene rings is 2. The van der Waals surface area contributed by atoms with E-state index in [2.05, 4.69) is 10.6 Å². The van der Waals surface area contributed by atoms with Crippen LogP contribution >= 0.6 is 43.2 Å². The maximum Gasteiger partial charge on any atom is 0.265 e. The number of piperazine rings is 1. The summed E-state index contributed by atoms with van der Waals surface area (Å²) in [6, 6.07) is 15.8. The van der Waals surface area contributed by atoms with Crippen LogP contribution < -0.4 is 10.6 Å². The molecule has 12 nitrogen and oxygen atoms in total. The first kappa shape index (κ1) is 30.3. The maximum atomic E-state index is 14.7. The SMILES string of the molecule is CN(CCO)C(=O)[C@@]12CC3([C@]45C[C@@]67SS[C@@](CO)(C(=O)N6[C@H]4Nc4ccccc45)N(C)C7=O)c4ccccc4N[C@@H]3N1C(=O)CSS2. The highest BCUT2D eigenvalue weighted by atomic mass is 33.1. The zero-order valence-corrected chi connectivity index (χ0v) is 28.7. The molecule has 10 rings (SSSR count). The standard InChI is InChI=1S/C31H32N6O6S4/c1-34(11-12-38)24(41)29-14-27(17-7-3-5-9-19(17)32-22(27)36(29)21(40)13-44-45-29)28-15-30-25(42)35(2)31(16-39,47-46-30)26(43)37(30)23(28)33-20-10-6-4-8-18(20)28/h3-10,22-23,32-33,38-39H,11-16H2,1-2H3/t22-,23-,27?,28+,29+,30+,31+/m1/s1. The molecule has 16 heteroatoms. The highest BCUT2D eigenvalue weighted by Gasteiger charge is 2.85. The predicted octanol–water partition coefficient (Wildman–Crippen LogP) is 1.62. The van der Waals surface area contributed by atoms with Crippen LogP contribution in [-0.2, 0) is 30.0 Å². The van der Waals surface area contributed by atoms with Gasteiger partial charge in [0.05, 0.1) is 29.8 Å². The fraction of sp³-hybridized carbons (Fsp3) is 0.484. The zero-order valence-electron chi connectivity index (χ0n) is 25.5. The van der Waals surface area contributed by atoms with Crippen molar-refractivity contribution in [3.8, 4) is 0 Å². The molecule has 246 valence electrons. The number of para-hydroxylation sites is 2. The van der Waals surface area contributed by atoms with Gasteiger partial charge in [-0.25, -0.2) is 0 Å². The van der Waals surface area contributed by atoms with Gasteiger partial charge in [-0.3, -0.25) is 29.0 Å². The summed E-state index contributed by atoms with van der Waals surface area (Å²) >= 11 is 0. The average Bonchev–Trinajstić information content (AvgIpc) is 3.76. The van der Waals surface area contributed by atoms with Crippen molar-refractivity contribution in [2.45, 2.75) is 50.6 Å². The number of aliphatic hydroxyl groups excluding tert-OH is 2. The molecular weight excluding hydrogens is 681 g/mol. The van der Waals surface area contributed by atoms with Crippen molar-refractivity contribution in [1.29, 1.82) is 0 Å². The van der Waals surface area contributed by atoms with Crippen molar-refractivity contribution in [3.63, 3.8) is 0 Å². The van der Waals surface area contributed by atoms with Crippen LogP contribution in [0.15, 0.2) is 48.5 Å². The van der Waals surface area contributed by atoms with Gasteiger partial charge in [-0.05, 0) is 34.1 Å². The first-order valence-electron chi connectivity index (χ1n) is 15.4. The lowest BCUT2D eigenvalue weighted by atomic mass is 9.54. The van der Waals surface area contributed by atoms with Gasteiger partial charge in [-0.1, -0.05) is 68.8 Å². The lowest BCUT2D eigenvalue weighted by Gasteiger charge is -2.57. The fourth-order valence-electron chi connectivity index (χ4n) is 9.59. The Morgan fingerprint density at radius 3 is 2.15 bits per heavy atom. The highest BCUT2D eigenvalue weighted by Crippen LogP contribution is 2.77. The Morgan fingerprint density at radius 2 is 1.51 bits per heavy atom. The maximum absolute atomic E-state index is 14.7. The minimum Gasteiger partial charge on any atom is -0.395 e. The van der Waals surface area contributed by atoms with E-state index in [-0.39, 0.29) is 55.4 Å². The molecule has 8 heterocycles. The average molecular weight is 713 g/mol. The molecule has 2 aromatic rings. The van der Waals surface area contributed by atoms with Gasteiger partial charge >= 0.3 is 0 Å². The van der Waals surface area contributed by atoms with Crippen molar-refractivity contribution in [2.75, 3.05) is 50.2 Å². The molecule has 2 aromatic carbocycles. The highest BCUT2D eigenvalue weighted by molar-refractivity contribution is 8.78. The molecule has 0 saturated carbocycles. The van der Waals surface area contributed by atoms with E-state index in [4.69, 9.17) is 0 Å². The van der Waals surface area contributed by atoms with Gasteiger partial charge in [0.25, 0.3) is 17.7 Å². The normalized spacial score (nSPS) is 38.7. The van der Waals surface area contributed by atoms with E-state index in [0.29, 0.717) is 0 Å². The van der Waals surface area contributed by atoms with E-state index in [9.17, 15) is 29.4 Å². The molecule has 6 saturated heterocycles. The Labute approximate surface area is 286 Å². The Morgan fingerprint density at radius 1 is 0.894 bits per heavy atom. The molecule has 4 amide bonds. The van der Waals surface area contributed by atoms with Crippen molar-refractivity contribution < 1.29 is 29.4 Å². The van der Waals surface area contributed by atoms with Crippen LogP contribution in [-0.4, -0.2) is 120 Å². The van der Waals surface area contributed by atoms with Crippen LogP contribution in [0.1, 0.15) is 24.0 Å². The summed E-state index contributed by atoms with van der Waals surface area (Å²) in [4.78, 5) is 60.4. The Kier molecular flexibility index (Phi) is 6.25. The van der Waals surface area contributed by atoms with Crippen LogP contribution in [0.25, 0.3) is 0 Å². The van der Waals surface area contributed by atoms with Crippen LogP contribution in [0.4, 0.5) is 11.4 Å². The number of fused-ring (bicyclic) bond motifs is 11. The quantitative estimate of drug-likeness (QED) is 0.335. The van der Waals surface area contributed by atoms with Crippen LogP contribution in [0.3, 0.4) is 0 Å². The summed E-state index contributed by atoms with van der Waals surface area (Å²) in [5.41, 5.74) is 1.50. The van der Waals surface area contributed by atoms with Gasteiger partial charge in [0.2, 0.25) is 10.8 Å². The molecule has 4 N–H and O–H groups in total. The molecule has 2 bridgehead atoms. The molecule has 8 aliphatic rings. The van der Waals surface area contributed by atoms with Gasteiger partial charge in [0.15, 0.2) is 9.74 Å². The van der Waals surface area contributed by atoms with Crippen LogP contribution in [0, 0.1) is 0 Å². The Balaban J connectivity index is 1.35. The zero-order chi connectivity index (χ0) is 32.7. The summed E-state index contributed by atoms with van der Waals surface area (Å²) in [5.74, 6) is -0.855. The number of carbonyl (C=O) groups excluding carboxylic acids is 4. The van der Waals surface area contributed by atoms with E-state index in [1.807, 2.05) is 48.5 Å². The summed E-state index contributed by atoms with van der Waals surface area (Å²) in [6.07, 6.45) is -0.975. The predicted molar refractivity (Wildman–Crippen MR) is 182 cm³/mol. The van der Waals surface area contributed by atoms with E-state index < -0.39 is 44.4 Å². The molecule has 47 heavy (non-hydrogen) atoms. The van der Waals surface area contributed by atoms with Crippen LogP contribution in [0.5, 0.6) is 0 Å². The number of aliphatic hydroxyl groups is 2. The number of rotatable bonds is 5. The Hall–Kier alpha value is -2.76. The summed E-state index contributed by atoms with van der Waals surface area (Å²) < 4.78 is 0. The fourth-order valence-corrected chi connectivity index (χ4v) is 16.2. The summed E-state index contributed by atoms with van der Waals surface area (Å²) in [7, 11) is 8.54. The Bertz CT molecular complexity index is 1800. The molecule has 7 atom stereocenters. The number of nitrogens with one attached hydrogen (secondary N) is 2. The minimum atomic E-state index is -1.47.